The van der Waals surface area contributed by atoms with Crippen LogP contribution in [0.4, 0.5) is 4.79 Å². The summed E-state index contributed by atoms with van der Waals surface area (Å²) in [5.41, 5.74) is 2.58. The van der Waals surface area contributed by atoms with E-state index in [1.807, 2.05) is 20.8 Å². The Morgan fingerprint density at radius 2 is 2.06 bits per heavy atom. The van der Waals surface area contributed by atoms with Crippen LogP contribution in [-0.2, 0) is 9.57 Å². The van der Waals surface area contributed by atoms with E-state index in [1.165, 1.54) is 0 Å². The molecule has 104 valence electrons. The summed E-state index contributed by atoms with van der Waals surface area (Å²) < 4.78 is 5.28. The maximum atomic E-state index is 11.7. The van der Waals surface area contributed by atoms with Crippen molar-refractivity contribution in [1.82, 2.24) is 15.7 Å². The Bertz CT molecular complexity index is 293. The lowest BCUT2D eigenvalue weighted by molar-refractivity contribution is -0.0561. The molecule has 2 N–H and O–H groups in total. The summed E-state index contributed by atoms with van der Waals surface area (Å²) in [7, 11) is 0. The Hall–Kier alpha value is -0.850. The normalized spacial score (nSPS) is 21.4. The van der Waals surface area contributed by atoms with Gasteiger partial charge in [0.05, 0.1) is 12.6 Å². The van der Waals surface area contributed by atoms with E-state index in [1.54, 1.807) is 4.90 Å². The molecule has 18 heavy (non-hydrogen) atoms. The van der Waals surface area contributed by atoms with E-state index in [0.29, 0.717) is 18.6 Å². The van der Waals surface area contributed by atoms with Crippen molar-refractivity contribution in [1.29, 1.82) is 0 Å². The maximum Gasteiger partial charge on any atom is 0.410 e. The largest absolute Gasteiger partial charge is 0.444 e. The summed E-state index contributed by atoms with van der Waals surface area (Å²) in [5.74, 6) is 0.415. The zero-order chi connectivity index (χ0) is 13.2. The summed E-state index contributed by atoms with van der Waals surface area (Å²) in [6.07, 6.45) is -0.227. The zero-order valence-electron chi connectivity index (χ0n) is 11.4. The van der Waals surface area contributed by atoms with Crippen LogP contribution in [0.25, 0.3) is 0 Å². The van der Waals surface area contributed by atoms with E-state index in [0.717, 1.165) is 26.2 Å². The predicted molar refractivity (Wildman–Crippen MR) is 67.0 cm³/mol. The van der Waals surface area contributed by atoms with Gasteiger partial charge in [-0.2, -0.15) is 5.48 Å². The number of ether oxygens (including phenoxy) is 1. The zero-order valence-corrected chi connectivity index (χ0v) is 11.4. The third-order valence-corrected chi connectivity index (χ3v) is 2.96. The topological polar surface area (TPSA) is 62.8 Å². The maximum absolute atomic E-state index is 11.7. The first-order valence-corrected chi connectivity index (χ1v) is 6.50. The van der Waals surface area contributed by atoms with Gasteiger partial charge in [0, 0.05) is 32.1 Å². The average Bonchev–Trinajstić information content (AvgIpc) is 2.08. The van der Waals surface area contributed by atoms with E-state index < -0.39 is 5.60 Å². The molecule has 0 aliphatic carbocycles. The number of hydrogen-bond acceptors (Lipinski definition) is 5. The number of nitrogens with one attached hydrogen (secondary N) is 2. The molecule has 0 atom stereocenters. The molecule has 2 saturated heterocycles. The molecule has 6 heteroatoms. The molecule has 0 spiro atoms. The first-order chi connectivity index (χ1) is 8.44. The van der Waals surface area contributed by atoms with Gasteiger partial charge in [0.25, 0.3) is 0 Å². The van der Waals surface area contributed by atoms with Gasteiger partial charge in [-0.3, -0.25) is 0 Å². The van der Waals surface area contributed by atoms with Gasteiger partial charge in [0.15, 0.2) is 0 Å². The number of hydrogen-bond donors (Lipinski definition) is 2. The second kappa shape index (κ2) is 5.42. The lowest BCUT2D eigenvalue weighted by Gasteiger charge is -2.39. The summed E-state index contributed by atoms with van der Waals surface area (Å²) in [6.45, 7) is 9.66. The number of carbonyl (C=O) groups is 1. The molecule has 0 unspecified atom stereocenters. The van der Waals surface area contributed by atoms with Gasteiger partial charge in [0.2, 0.25) is 0 Å². The van der Waals surface area contributed by atoms with Crippen LogP contribution in [0.15, 0.2) is 0 Å². The third kappa shape index (κ3) is 3.83. The number of hydroxylamine groups is 1. The molecule has 2 aliphatic rings. The van der Waals surface area contributed by atoms with Crippen molar-refractivity contribution in [3.05, 3.63) is 0 Å². The van der Waals surface area contributed by atoms with E-state index in [4.69, 9.17) is 9.57 Å². The lowest BCUT2D eigenvalue weighted by atomic mass is 10.0. The van der Waals surface area contributed by atoms with Crippen LogP contribution in [-0.4, -0.2) is 55.4 Å². The molecule has 0 saturated carbocycles. The van der Waals surface area contributed by atoms with Gasteiger partial charge in [-0.15, -0.1) is 0 Å². The van der Waals surface area contributed by atoms with Crippen molar-refractivity contribution in [2.45, 2.75) is 32.4 Å². The van der Waals surface area contributed by atoms with Crippen molar-refractivity contribution in [2.24, 2.45) is 5.92 Å². The van der Waals surface area contributed by atoms with E-state index in [9.17, 15) is 4.79 Å². The molecule has 0 aromatic carbocycles. The van der Waals surface area contributed by atoms with E-state index in [2.05, 4.69) is 10.8 Å². The smallest absolute Gasteiger partial charge is 0.410 e. The van der Waals surface area contributed by atoms with Crippen LogP contribution in [0.2, 0.25) is 0 Å². The molecule has 2 rings (SSSR count). The quantitative estimate of drug-likeness (QED) is 0.711. The molecule has 0 aromatic rings. The second-order valence-corrected chi connectivity index (χ2v) is 6.04. The van der Waals surface area contributed by atoms with Gasteiger partial charge < -0.3 is 19.8 Å². The molecule has 2 heterocycles. The monoisotopic (exact) mass is 257 g/mol. The molecule has 2 fully saturated rings. The fourth-order valence-electron chi connectivity index (χ4n) is 1.81. The predicted octanol–water partition coefficient (Wildman–Crippen LogP) is 0.346. The van der Waals surface area contributed by atoms with Gasteiger partial charge in [-0.25, -0.2) is 4.79 Å². The van der Waals surface area contributed by atoms with Crippen molar-refractivity contribution in [2.75, 3.05) is 32.8 Å². The van der Waals surface area contributed by atoms with Crippen LogP contribution in [0.1, 0.15) is 20.8 Å². The second-order valence-electron chi connectivity index (χ2n) is 6.04. The van der Waals surface area contributed by atoms with Crippen LogP contribution < -0.4 is 10.8 Å². The summed E-state index contributed by atoms with van der Waals surface area (Å²) in [5, 5.41) is 3.16. The molecule has 0 aromatic heterocycles. The van der Waals surface area contributed by atoms with Gasteiger partial charge >= 0.3 is 6.09 Å². The van der Waals surface area contributed by atoms with E-state index in [-0.39, 0.29) is 6.09 Å². The van der Waals surface area contributed by atoms with Crippen LogP contribution >= 0.6 is 0 Å². The number of nitrogens with zero attached hydrogens (tertiary/aromatic N) is 1. The number of carbonyl (C=O) groups excluding carboxylic acids is 1. The Morgan fingerprint density at radius 3 is 2.56 bits per heavy atom. The molecule has 6 nitrogen and oxygen atoms in total. The number of amides is 1. The fraction of sp³-hybridized carbons (Fsp3) is 0.917. The molecule has 0 radical (unpaired) electrons. The standard InChI is InChI=1S/C12H23N3O3/c1-12(2,3)18-11(16)15-6-9(7-15)8-17-14-10-4-13-5-10/h9-10,13-14H,4-8H2,1-3H3. The average molecular weight is 257 g/mol. The Labute approximate surface area is 108 Å². The van der Waals surface area contributed by atoms with Gasteiger partial charge in [0.1, 0.15) is 5.60 Å². The van der Waals surface area contributed by atoms with E-state index >= 15 is 0 Å². The summed E-state index contributed by atoms with van der Waals surface area (Å²) in [4.78, 5) is 18.8. The van der Waals surface area contributed by atoms with Crippen molar-refractivity contribution < 1.29 is 14.4 Å². The van der Waals surface area contributed by atoms with Crippen molar-refractivity contribution in [3.63, 3.8) is 0 Å². The van der Waals surface area contributed by atoms with Crippen LogP contribution in [0, 0.1) is 5.92 Å². The highest BCUT2D eigenvalue weighted by Crippen LogP contribution is 2.19. The Morgan fingerprint density at radius 1 is 1.39 bits per heavy atom. The summed E-state index contributed by atoms with van der Waals surface area (Å²) >= 11 is 0. The van der Waals surface area contributed by atoms with Crippen LogP contribution in [0.5, 0.6) is 0 Å². The first-order valence-electron chi connectivity index (χ1n) is 6.50. The highest BCUT2D eigenvalue weighted by molar-refractivity contribution is 5.69. The molecular weight excluding hydrogens is 234 g/mol. The van der Waals surface area contributed by atoms with Gasteiger partial charge in [-0.05, 0) is 20.8 Å². The van der Waals surface area contributed by atoms with Gasteiger partial charge in [-0.1, -0.05) is 0 Å². The number of rotatable bonds is 4. The Balaban J connectivity index is 1.54. The molecular formula is C12H23N3O3. The van der Waals surface area contributed by atoms with Crippen molar-refractivity contribution >= 4 is 6.09 Å². The minimum atomic E-state index is -0.419. The first kappa shape index (κ1) is 13.6. The fourth-order valence-corrected chi connectivity index (χ4v) is 1.81. The van der Waals surface area contributed by atoms with Crippen LogP contribution in [0.3, 0.4) is 0 Å². The van der Waals surface area contributed by atoms with Crippen molar-refractivity contribution in [3.8, 4) is 0 Å². The summed E-state index contributed by atoms with van der Waals surface area (Å²) in [6, 6.07) is 0.437. The molecule has 1 amide bonds. The Kier molecular flexibility index (Phi) is 4.09. The lowest BCUT2D eigenvalue weighted by Crippen LogP contribution is -2.57. The molecule has 2 aliphatic heterocycles. The molecule has 0 bridgehead atoms. The number of likely N-dealkylation sites (tertiary alicyclic amines) is 1. The SMILES string of the molecule is CC(C)(C)OC(=O)N1CC(CONC2CNC2)C1. The minimum Gasteiger partial charge on any atom is -0.444 e. The highest BCUT2D eigenvalue weighted by atomic mass is 16.6. The third-order valence-electron chi connectivity index (χ3n) is 2.96. The highest BCUT2D eigenvalue weighted by Gasteiger charge is 2.34. The minimum absolute atomic E-state index is 0.227.